The van der Waals surface area contributed by atoms with Crippen LogP contribution in [0.1, 0.15) is 17.5 Å². The van der Waals surface area contributed by atoms with E-state index in [-0.39, 0.29) is 15.7 Å². The Bertz CT molecular complexity index is 1000. The van der Waals surface area contributed by atoms with Gasteiger partial charge in [0.15, 0.2) is 0 Å². The van der Waals surface area contributed by atoms with Gasteiger partial charge < -0.3 is 9.84 Å². The van der Waals surface area contributed by atoms with Crippen LogP contribution in [0, 0.1) is 6.92 Å². The predicted molar refractivity (Wildman–Crippen MR) is 95.4 cm³/mol. The molecule has 0 amide bonds. The van der Waals surface area contributed by atoms with Crippen LogP contribution in [0.2, 0.25) is 0 Å². The first kappa shape index (κ1) is 20.2. The van der Waals surface area contributed by atoms with Crippen molar-refractivity contribution in [2.75, 3.05) is 7.11 Å². The van der Waals surface area contributed by atoms with Crippen LogP contribution < -0.4 is 4.74 Å². The zero-order valence-corrected chi connectivity index (χ0v) is 15.8. The minimum absolute atomic E-state index is 0.210. The zero-order chi connectivity index (χ0) is 20.7. The molecule has 0 fully saturated rings. The van der Waals surface area contributed by atoms with Crippen molar-refractivity contribution in [3.8, 4) is 5.75 Å². The van der Waals surface area contributed by atoms with Crippen molar-refractivity contribution >= 4 is 15.7 Å². The number of hydrogen-bond acceptors (Lipinski definition) is 5. The molecule has 10 heteroatoms. The van der Waals surface area contributed by atoms with Gasteiger partial charge in [-0.2, -0.15) is 26.7 Å². The molecule has 0 aromatic heterocycles. The van der Waals surface area contributed by atoms with Crippen LogP contribution >= 0.6 is 0 Å². The van der Waals surface area contributed by atoms with Crippen LogP contribution in [0.5, 0.6) is 5.75 Å². The third kappa shape index (κ3) is 3.33. The van der Waals surface area contributed by atoms with Crippen molar-refractivity contribution < 1.29 is 31.4 Å². The number of methoxy groups -OCH3 is 1. The fourth-order valence-electron chi connectivity index (χ4n) is 2.74. The average molecular weight is 414 g/mol. The molecule has 2 aromatic carbocycles. The Morgan fingerprint density at radius 1 is 1.11 bits per heavy atom. The van der Waals surface area contributed by atoms with Crippen LogP contribution in [-0.4, -0.2) is 42.7 Å². The number of rotatable bonds is 4. The number of aliphatic hydroxyl groups is 1. The first-order valence-electron chi connectivity index (χ1n) is 8.12. The first-order chi connectivity index (χ1) is 13.0. The third-order valence-corrected chi connectivity index (χ3v) is 6.07. The smallest absolute Gasteiger partial charge is 0.439 e. The van der Waals surface area contributed by atoms with Gasteiger partial charge in [-0.3, -0.25) is 0 Å². The molecule has 0 saturated carbocycles. The largest absolute Gasteiger partial charge is 0.497 e. The number of sulfonamides is 1. The van der Waals surface area contributed by atoms with Crippen molar-refractivity contribution in [3.63, 3.8) is 0 Å². The Balaban J connectivity index is 2.10. The molecular weight excluding hydrogens is 397 g/mol. The van der Waals surface area contributed by atoms with E-state index in [1.54, 1.807) is 6.92 Å². The van der Waals surface area contributed by atoms with Gasteiger partial charge >= 0.3 is 6.18 Å². The Morgan fingerprint density at radius 3 is 2.18 bits per heavy atom. The highest BCUT2D eigenvalue weighted by Gasteiger charge is 2.65. The Labute approximate surface area is 159 Å². The molecule has 1 atom stereocenters. The summed E-state index contributed by atoms with van der Waals surface area (Å²) >= 11 is 0. The molecule has 0 radical (unpaired) electrons. The lowest BCUT2D eigenvalue weighted by molar-refractivity contribution is -0.291. The van der Waals surface area contributed by atoms with Gasteiger partial charge in [0.05, 0.1) is 24.1 Å². The summed E-state index contributed by atoms with van der Waals surface area (Å²) in [5.74, 6) is 0.470. The van der Waals surface area contributed by atoms with E-state index in [1.807, 2.05) is 0 Å². The van der Waals surface area contributed by atoms with Crippen molar-refractivity contribution in [3.05, 3.63) is 59.7 Å². The highest BCUT2D eigenvalue weighted by molar-refractivity contribution is 7.89. The van der Waals surface area contributed by atoms with E-state index >= 15 is 0 Å². The number of nitrogens with zero attached hydrogens (tertiary/aromatic N) is 2. The standard InChI is InChI=1S/C18H17F3N2O4S/c1-12-3-9-15(10-4-12)28(25,26)23-17(24,18(19,20)21)11-16(22-23)13-5-7-14(27-2)8-6-13/h3-10,24H,11H2,1-2H3. The average Bonchev–Trinajstić information content (AvgIpc) is 3.02. The van der Waals surface area contributed by atoms with Crippen molar-refractivity contribution in [2.24, 2.45) is 5.10 Å². The van der Waals surface area contributed by atoms with Gasteiger partial charge in [-0.1, -0.05) is 17.7 Å². The summed E-state index contributed by atoms with van der Waals surface area (Å²) in [5.41, 5.74) is -2.93. The minimum atomic E-state index is -5.26. The number of aryl methyl sites for hydroxylation is 1. The molecule has 1 aliphatic heterocycles. The topological polar surface area (TPSA) is 79.2 Å². The van der Waals surface area contributed by atoms with Crippen molar-refractivity contribution in [1.82, 2.24) is 4.41 Å². The fraction of sp³-hybridized carbons (Fsp3) is 0.278. The molecule has 150 valence electrons. The Morgan fingerprint density at radius 2 is 1.68 bits per heavy atom. The van der Waals surface area contributed by atoms with Gasteiger partial charge in [0, 0.05) is 0 Å². The number of hydrogen-bond donors (Lipinski definition) is 1. The molecule has 3 rings (SSSR count). The van der Waals surface area contributed by atoms with Gasteiger partial charge in [-0.05, 0) is 48.9 Å². The van der Waals surface area contributed by atoms with Crippen LogP contribution in [0.4, 0.5) is 13.2 Å². The third-order valence-electron chi connectivity index (χ3n) is 4.37. The zero-order valence-electron chi connectivity index (χ0n) is 14.9. The molecule has 28 heavy (non-hydrogen) atoms. The van der Waals surface area contributed by atoms with Gasteiger partial charge in [-0.15, -0.1) is 4.41 Å². The summed E-state index contributed by atoms with van der Waals surface area (Å²) in [6, 6.07) is 11.1. The van der Waals surface area contributed by atoms with Gasteiger partial charge in [0.25, 0.3) is 15.7 Å². The second kappa shape index (κ2) is 6.78. The maximum atomic E-state index is 13.7. The van der Waals surface area contributed by atoms with E-state index in [9.17, 15) is 26.7 Å². The number of hydrazone groups is 1. The minimum Gasteiger partial charge on any atom is -0.497 e. The number of benzene rings is 2. The number of halogens is 3. The predicted octanol–water partition coefficient (Wildman–Crippen LogP) is 3.05. The molecule has 0 bridgehead atoms. The molecule has 6 nitrogen and oxygen atoms in total. The van der Waals surface area contributed by atoms with E-state index in [0.29, 0.717) is 5.75 Å². The summed E-state index contributed by atoms with van der Waals surface area (Å²) < 4.78 is 71.4. The van der Waals surface area contributed by atoms with E-state index in [2.05, 4.69) is 5.10 Å². The molecule has 0 spiro atoms. The summed E-state index contributed by atoms with van der Waals surface area (Å²) in [5, 5.41) is 14.0. The highest BCUT2D eigenvalue weighted by Crippen LogP contribution is 2.44. The van der Waals surface area contributed by atoms with Crippen LogP contribution in [0.15, 0.2) is 58.5 Å². The van der Waals surface area contributed by atoms with E-state index < -0.39 is 33.2 Å². The monoisotopic (exact) mass is 414 g/mol. The summed E-state index contributed by atoms with van der Waals surface area (Å²) in [4.78, 5) is -0.402. The lowest BCUT2D eigenvalue weighted by Gasteiger charge is -2.33. The van der Waals surface area contributed by atoms with Gasteiger partial charge in [0.1, 0.15) is 5.75 Å². The maximum absolute atomic E-state index is 13.7. The van der Waals surface area contributed by atoms with E-state index in [0.717, 1.165) is 5.56 Å². The highest BCUT2D eigenvalue weighted by atomic mass is 32.2. The lowest BCUT2D eigenvalue weighted by Crippen LogP contribution is -2.56. The van der Waals surface area contributed by atoms with Crippen molar-refractivity contribution in [1.29, 1.82) is 0 Å². The summed E-state index contributed by atoms with van der Waals surface area (Å²) in [7, 11) is -3.32. The van der Waals surface area contributed by atoms with Crippen LogP contribution in [-0.2, 0) is 10.0 Å². The Hall–Kier alpha value is -2.59. The molecule has 1 N–H and O–H groups in total. The lowest BCUT2D eigenvalue weighted by atomic mass is 10.0. The molecule has 1 aliphatic rings. The molecule has 1 heterocycles. The van der Waals surface area contributed by atoms with Crippen LogP contribution in [0.25, 0.3) is 0 Å². The first-order valence-corrected chi connectivity index (χ1v) is 9.56. The van der Waals surface area contributed by atoms with E-state index in [1.165, 1.54) is 55.6 Å². The van der Waals surface area contributed by atoms with Gasteiger partial charge in [0.2, 0.25) is 0 Å². The molecule has 0 aliphatic carbocycles. The second-order valence-electron chi connectivity index (χ2n) is 6.33. The normalized spacial score (nSPS) is 20.2. The molecule has 2 aromatic rings. The number of ether oxygens (including phenoxy) is 1. The Kier molecular flexibility index (Phi) is 4.88. The molecule has 1 unspecified atom stereocenters. The van der Waals surface area contributed by atoms with Crippen molar-refractivity contribution in [2.45, 2.75) is 30.1 Å². The maximum Gasteiger partial charge on any atom is 0.439 e. The quantitative estimate of drug-likeness (QED) is 0.834. The fourth-order valence-corrected chi connectivity index (χ4v) is 4.19. The summed E-state index contributed by atoms with van der Waals surface area (Å²) in [6.45, 7) is 1.71. The molecule has 0 saturated heterocycles. The molecular formula is C18H17F3N2O4S. The van der Waals surface area contributed by atoms with E-state index in [4.69, 9.17) is 4.74 Å². The number of alkyl halides is 3. The van der Waals surface area contributed by atoms with Gasteiger partial charge in [-0.25, -0.2) is 0 Å². The summed E-state index contributed by atoms with van der Waals surface area (Å²) in [6.07, 6.45) is -6.30. The second-order valence-corrected chi connectivity index (χ2v) is 8.09. The van der Waals surface area contributed by atoms with Crippen LogP contribution in [0.3, 0.4) is 0 Å². The SMILES string of the molecule is COc1ccc(C2=NN(S(=O)(=O)c3ccc(C)cc3)C(O)(C(F)(F)F)C2)cc1.